The lowest BCUT2D eigenvalue weighted by atomic mass is 9.92. The molecule has 0 aromatic heterocycles. The third-order valence-corrected chi connectivity index (χ3v) is 7.87. The van der Waals surface area contributed by atoms with Crippen LogP contribution >= 0.6 is 0 Å². The predicted molar refractivity (Wildman–Crippen MR) is 124 cm³/mol. The van der Waals surface area contributed by atoms with Gasteiger partial charge in [-0.25, -0.2) is 0 Å². The fourth-order valence-electron chi connectivity index (χ4n) is 5.66. The smallest absolute Gasteiger partial charge is 0.184 e. The molecule has 0 radical (unpaired) electrons. The van der Waals surface area contributed by atoms with Gasteiger partial charge in [-0.15, -0.1) is 0 Å². The number of rotatable bonds is 4. The van der Waals surface area contributed by atoms with Crippen LogP contribution < -0.4 is 0 Å². The highest BCUT2D eigenvalue weighted by Gasteiger charge is 2.42. The number of ether oxygens (including phenoxy) is 8. The summed E-state index contributed by atoms with van der Waals surface area (Å²) in [6.07, 6.45) is -3.41. The average molecular weight is 535 g/mol. The molecular formula is C25H42O12. The Balaban J connectivity index is 1.17. The van der Waals surface area contributed by atoms with Crippen LogP contribution in [-0.2, 0) is 37.9 Å². The average Bonchev–Trinajstić information content (AvgIpc) is 2.89. The summed E-state index contributed by atoms with van der Waals surface area (Å²) < 4.78 is 47.6. The van der Waals surface area contributed by atoms with Crippen LogP contribution in [0.1, 0.15) is 45.4 Å². The van der Waals surface area contributed by atoms with Crippen LogP contribution in [0.25, 0.3) is 0 Å². The summed E-state index contributed by atoms with van der Waals surface area (Å²) >= 11 is 0. The molecule has 2 bridgehead atoms. The fraction of sp³-hybridized carbons (Fsp3) is 1.00. The molecular weight excluding hydrogens is 492 g/mol. The first kappa shape index (κ1) is 28.1. The zero-order chi connectivity index (χ0) is 25.9. The maximum Gasteiger partial charge on any atom is 0.184 e. The van der Waals surface area contributed by atoms with E-state index in [4.69, 9.17) is 37.9 Å². The molecule has 0 saturated carbocycles. The first-order chi connectivity index (χ1) is 17.8. The van der Waals surface area contributed by atoms with E-state index in [0.29, 0.717) is 45.3 Å². The van der Waals surface area contributed by atoms with Crippen molar-refractivity contribution >= 4 is 0 Å². The van der Waals surface area contributed by atoms with E-state index in [2.05, 4.69) is 0 Å². The first-order valence-electron chi connectivity index (χ1n) is 13.6. The van der Waals surface area contributed by atoms with Crippen molar-refractivity contribution in [1.82, 2.24) is 0 Å². The summed E-state index contributed by atoms with van der Waals surface area (Å²) in [7, 11) is 0. The van der Waals surface area contributed by atoms with Crippen LogP contribution in [0.4, 0.5) is 0 Å². The van der Waals surface area contributed by atoms with Gasteiger partial charge in [-0.2, -0.15) is 0 Å². The lowest BCUT2D eigenvalue weighted by Crippen LogP contribution is -2.51. The van der Waals surface area contributed by atoms with Gasteiger partial charge in [0.2, 0.25) is 0 Å². The van der Waals surface area contributed by atoms with Crippen molar-refractivity contribution in [3.8, 4) is 0 Å². The molecule has 37 heavy (non-hydrogen) atoms. The molecule has 0 aromatic carbocycles. The zero-order valence-electron chi connectivity index (χ0n) is 21.3. The second kappa shape index (κ2) is 12.8. The molecule has 0 amide bonds. The van der Waals surface area contributed by atoms with Crippen molar-refractivity contribution in [1.29, 1.82) is 0 Å². The number of aliphatic hydroxyl groups excluding tert-OH is 4. The molecule has 5 rings (SSSR count). The van der Waals surface area contributed by atoms with Crippen LogP contribution in [0, 0.1) is 5.92 Å². The van der Waals surface area contributed by atoms with Crippen LogP contribution in [0.5, 0.6) is 0 Å². The Morgan fingerprint density at radius 3 is 2.16 bits per heavy atom. The Bertz CT molecular complexity index is 713. The molecule has 0 aromatic rings. The van der Waals surface area contributed by atoms with Crippen LogP contribution in [0.15, 0.2) is 0 Å². The molecule has 5 fully saturated rings. The van der Waals surface area contributed by atoms with Gasteiger partial charge in [0.25, 0.3) is 0 Å². The lowest BCUT2D eigenvalue weighted by Gasteiger charge is -2.42. The topological polar surface area (TPSA) is 155 Å². The minimum absolute atomic E-state index is 0.0342. The van der Waals surface area contributed by atoms with E-state index in [1.165, 1.54) is 0 Å². The monoisotopic (exact) mass is 534 g/mol. The van der Waals surface area contributed by atoms with Gasteiger partial charge >= 0.3 is 0 Å². The molecule has 12 heteroatoms. The molecule has 13 atom stereocenters. The van der Waals surface area contributed by atoms with Gasteiger partial charge in [0.05, 0.1) is 75.8 Å². The summed E-state index contributed by atoms with van der Waals surface area (Å²) in [5.41, 5.74) is 0. The Labute approximate surface area is 217 Å². The van der Waals surface area contributed by atoms with Crippen LogP contribution in [0.3, 0.4) is 0 Å². The fourth-order valence-corrected chi connectivity index (χ4v) is 5.66. The second-order valence-electron chi connectivity index (χ2n) is 11.0. The number of hydrogen-bond donors (Lipinski definition) is 4. The number of hydrogen-bond acceptors (Lipinski definition) is 12. The molecule has 3 unspecified atom stereocenters. The molecule has 5 saturated heterocycles. The van der Waals surface area contributed by atoms with E-state index >= 15 is 0 Å². The van der Waals surface area contributed by atoms with Gasteiger partial charge in [-0.05, 0) is 26.2 Å². The van der Waals surface area contributed by atoms with Crippen molar-refractivity contribution < 1.29 is 58.3 Å². The van der Waals surface area contributed by atoms with Crippen molar-refractivity contribution in [3.63, 3.8) is 0 Å². The Morgan fingerprint density at radius 1 is 0.622 bits per heavy atom. The molecule has 0 aliphatic carbocycles. The maximum absolute atomic E-state index is 10.6. The van der Waals surface area contributed by atoms with E-state index in [-0.39, 0.29) is 56.6 Å². The van der Waals surface area contributed by atoms with Crippen LogP contribution in [0.2, 0.25) is 0 Å². The second-order valence-corrected chi connectivity index (χ2v) is 11.0. The third-order valence-electron chi connectivity index (χ3n) is 7.87. The Kier molecular flexibility index (Phi) is 9.70. The quantitative estimate of drug-likeness (QED) is 0.365. The van der Waals surface area contributed by atoms with Crippen molar-refractivity contribution in [3.05, 3.63) is 0 Å². The van der Waals surface area contributed by atoms with Gasteiger partial charge < -0.3 is 58.3 Å². The first-order valence-corrected chi connectivity index (χ1v) is 13.6. The largest absolute Gasteiger partial charge is 0.391 e. The number of aliphatic hydroxyl groups is 4. The Hall–Kier alpha value is -0.480. The third kappa shape index (κ3) is 7.38. The van der Waals surface area contributed by atoms with Gasteiger partial charge in [0, 0.05) is 25.2 Å². The van der Waals surface area contributed by atoms with Gasteiger partial charge in [-0.1, -0.05) is 0 Å². The normalized spacial score (nSPS) is 50.0. The van der Waals surface area contributed by atoms with Crippen molar-refractivity contribution in [2.45, 2.75) is 119 Å². The molecule has 5 heterocycles. The molecule has 0 spiro atoms. The summed E-state index contributed by atoms with van der Waals surface area (Å²) in [6, 6.07) is 0. The summed E-state index contributed by atoms with van der Waals surface area (Å²) in [5, 5.41) is 40.6. The van der Waals surface area contributed by atoms with Crippen molar-refractivity contribution in [2.75, 3.05) is 33.0 Å². The van der Waals surface area contributed by atoms with E-state index in [9.17, 15) is 20.4 Å². The van der Waals surface area contributed by atoms with Crippen molar-refractivity contribution in [2.24, 2.45) is 5.92 Å². The van der Waals surface area contributed by atoms with E-state index in [1.807, 2.05) is 6.92 Å². The molecule has 12 nitrogen and oxygen atoms in total. The minimum atomic E-state index is -0.900. The molecule has 4 N–H and O–H groups in total. The highest BCUT2D eigenvalue weighted by atomic mass is 16.7. The SMILES string of the molecule is C[C@H]1OC[C@@H](O[C@H]2OC[C@@H]3CC2OCC(O)CC[C@@H]2C[C@H](O[C@H]4OC[C@@H](O)CC4O)CO[C@@H]2O3)C[C@H]1O. The Morgan fingerprint density at radius 2 is 1.35 bits per heavy atom. The standard InChI is InChI=1S/C25H42O12/c1-13-20(28)6-18(10-30-13)37-25-22-7-19(12-34-25)35-23-14(2-3-15(26)8-31-22)4-17(11-33-23)36-24-21(29)5-16(27)9-32-24/h13-29H,2-12H2,1H3/t13-,14-,15?,16+,17+,18+,19+,20-,21?,22?,23-,24-,25-/m1/s1. The summed E-state index contributed by atoms with van der Waals surface area (Å²) in [6.45, 7) is 3.05. The van der Waals surface area contributed by atoms with Crippen LogP contribution in [-0.4, -0.2) is 127 Å². The maximum atomic E-state index is 10.6. The minimum Gasteiger partial charge on any atom is -0.391 e. The lowest BCUT2D eigenvalue weighted by molar-refractivity contribution is -0.315. The summed E-state index contributed by atoms with van der Waals surface area (Å²) in [5.74, 6) is -0.0342. The highest BCUT2D eigenvalue weighted by molar-refractivity contribution is 4.84. The van der Waals surface area contributed by atoms with Gasteiger partial charge in [0.1, 0.15) is 12.2 Å². The van der Waals surface area contributed by atoms with Gasteiger partial charge in [0.15, 0.2) is 18.9 Å². The molecule has 214 valence electrons. The predicted octanol–water partition coefficient (Wildman–Crippen LogP) is -0.571. The van der Waals surface area contributed by atoms with E-state index in [1.54, 1.807) is 0 Å². The highest BCUT2D eigenvalue weighted by Crippen LogP contribution is 2.34. The number of fused-ring (bicyclic) bond motifs is 3. The summed E-state index contributed by atoms with van der Waals surface area (Å²) in [4.78, 5) is 0. The zero-order valence-corrected chi connectivity index (χ0v) is 21.3. The molecule has 5 aliphatic rings. The molecule has 5 aliphatic heterocycles. The van der Waals surface area contributed by atoms with Gasteiger partial charge in [-0.3, -0.25) is 0 Å². The van der Waals surface area contributed by atoms with E-state index < -0.39 is 49.4 Å². The van der Waals surface area contributed by atoms with E-state index in [0.717, 1.165) is 0 Å².